The zero-order valence-electron chi connectivity index (χ0n) is 7.61. The van der Waals surface area contributed by atoms with Crippen LogP contribution in [0.4, 0.5) is 0 Å². The average molecular weight is 188 g/mol. The van der Waals surface area contributed by atoms with Gasteiger partial charge in [-0.05, 0) is 18.8 Å². The third kappa shape index (κ3) is 3.32. The Bertz CT molecular complexity index is 161. The molecule has 1 aliphatic rings. The van der Waals surface area contributed by atoms with Crippen molar-refractivity contribution >= 4 is 5.97 Å². The lowest BCUT2D eigenvalue weighted by atomic mass is 9.83. The minimum atomic E-state index is -0.743. The minimum absolute atomic E-state index is 0.308. The summed E-state index contributed by atoms with van der Waals surface area (Å²) in [6.07, 6.45) is 3.07. The molecule has 0 aliphatic heterocycles. The van der Waals surface area contributed by atoms with E-state index in [0.29, 0.717) is 12.3 Å². The summed E-state index contributed by atoms with van der Waals surface area (Å²) in [6.45, 7) is -0.625. The molecule has 0 heterocycles. The summed E-state index contributed by atoms with van der Waals surface area (Å²) >= 11 is 0. The molecule has 0 aromatic carbocycles. The minimum Gasteiger partial charge on any atom is -0.457 e. The summed E-state index contributed by atoms with van der Waals surface area (Å²) in [7, 11) is 0. The van der Waals surface area contributed by atoms with Crippen LogP contribution in [0, 0.1) is 5.92 Å². The highest BCUT2D eigenvalue weighted by atomic mass is 16.6. The van der Waals surface area contributed by atoms with E-state index in [9.17, 15) is 4.79 Å². The predicted molar refractivity (Wildman–Crippen MR) is 46.0 cm³/mol. The summed E-state index contributed by atoms with van der Waals surface area (Å²) < 4.78 is 4.82. The second kappa shape index (κ2) is 5.19. The van der Waals surface area contributed by atoms with Crippen molar-refractivity contribution in [2.24, 2.45) is 5.92 Å². The van der Waals surface area contributed by atoms with Crippen LogP contribution in [0.15, 0.2) is 0 Å². The molecule has 1 rings (SSSR count). The quantitative estimate of drug-likeness (QED) is 0.599. The van der Waals surface area contributed by atoms with Crippen LogP contribution in [0.2, 0.25) is 0 Å². The van der Waals surface area contributed by atoms with Crippen molar-refractivity contribution in [3.8, 4) is 0 Å². The molecular formula is C9H16O4. The average Bonchev–Trinajstić information content (AvgIpc) is 2.07. The van der Waals surface area contributed by atoms with Gasteiger partial charge in [0.15, 0.2) is 0 Å². The highest BCUT2D eigenvalue weighted by Gasteiger charge is 2.22. The zero-order chi connectivity index (χ0) is 9.68. The third-order valence-electron chi connectivity index (χ3n) is 2.39. The zero-order valence-corrected chi connectivity index (χ0v) is 7.61. The summed E-state index contributed by atoms with van der Waals surface area (Å²) in [5.74, 6) is 0.156. The Morgan fingerprint density at radius 3 is 2.38 bits per heavy atom. The Morgan fingerprint density at radius 1 is 1.38 bits per heavy atom. The number of ether oxygens (including phenoxy) is 1. The highest BCUT2D eigenvalue weighted by Crippen LogP contribution is 2.29. The van der Waals surface area contributed by atoms with Crippen LogP contribution in [-0.2, 0) is 9.53 Å². The molecule has 0 aromatic heterocycles. The Labute approximate surface area is 77.5 Å². The van der Waals surface area contributed by atoms with Gasteiger partial charge in [0.05, 0.1) is 13.2 Å². The first-order chi connectivity index (χ1) is 6.26. The Hall–Kier alpha value is -0.610. The lowest BCUT2D eigenvalue weighted by Crippen LogP contribution is -2.27. The number of hydrogen-bond acceptors (Lipinski definition) is 4. The monoisotopic (exact) mass is 188 g/mol. The molecule has 4 nitrogen and oxygen atoms in total. The van der Waals surface area contributed by atoms with E-state index in [1.807, 2.05) is 0 Å². The van der Waals surface area contributed by atoms with Crippen LogP contribution in [0.1, 0.15) is 25.7 Å². The van der Waals surface area contributed by atoms with Crippen LogP contribution in [0.25, 0.3) is 0 Å². The van der Waals surface area contributed by atoms with Crippen molar-refractivity contribution in [3.05, 3.63) is 0 Å². The van der Waals surface area contributed by atoms with Gasteiger partial charge >= 0.3 is 5.97 Å². The van der Waals surface area contributed by atoms with E-state index in [1.54, 1.807) is 0 Å². The van der Waals surface area contributed by atoms with Gasteiger partial charge in [-0.25, -0.2) is 0 Å². The largest absolute Gasteiger partial charge is 0.457 e. The van der Waals surface area contributed by atoms with E-state index in [4.69, 9.17) is 14.9 Å². The number of aliphatic hydroxyl groups is 2. The van der Waals surface area contributed by atoms with Crippen LogP contribution in [-0.4, -0.2) is 35.5 Å². The number of aliphatic hydroxyl groups excluding tert-OH is 2. The van der Waals surface area contributed by atoms with Crippen molar-refractivity contribution < 1.29 is 19.7 Å². The van der Waals surface area contributed by atoms with E-state index in [1.165, 1.54) is 6.42 Å². The van der Waals surface area contributed by atoms with Gasteiger partial charge < -0.3 is 14.9 Å². The van der Waals surface area contributed by atoms with Gasteiger partial charge in [0.1, 0.15) is 6.10 Å². The molecule has 2 N–H and O–H groups in total. The van der Waals surface area contributed by atoms with E-state index < -0.39 is 6.10 Å². The second-order valence-corrected chi connectivity index (χ2v) is 3.48. The van der Waals surface area contributed by atoms with Gasteiger partial charge in [-0.3, -0.25) is 4.79 Å². The topological polar surface area (TPSA) is 66.8 Å². The summed E-state index contributed by atoms with van der Waals surface area (Å²) in [6, 6.07) is 0. The molecule has 0 radical (unpaired) electrons. The predicted octanol–water partition coefficient (Wildman–Crippen LogP) is 0.0730. The van der Waals surface area contributed by atoms with Gasteiger partial charge in [0, 0.05) is 6.42 Å². The molecule has 76 valence electrons. The van der Waals surface area contributed by atoms with E-state index >= 15 is 0 Å². The lowest BCUT2D eigenvalue weighted by Gasteiger charge is -2.24. The maximum absolute atomic E-state index is 11.1. The van der Waals surface area contributed by atoms with Gasteiger partial charge in [-0.2, -0.15) is 0 Å². The second-order valence-electron chi connectivity index (χ2n) is 3.48. The SMILES string of the molecule is O=C(CC1CCC1)OC(CO)CO. The molecule has 1 fully saturated rings. The standard InChI is InChI=1S/C9H16O4/c10-5-8(6-11)13-9(12)4-7-2-1-3-7/h7-8,10-11H,1-6H2. The van der Waals surface area contributed by atoms with Gasteiger partial charge in [-0.15, -0.1) is 0 Å². The number of hydrogen-bond donors (Lipinski definition) is 2. The van der Waals surface area contributed by atoms with Crippen molar-refractivity contribution in [3.63, 3.8) is 0 Å². The van der Waals surface area contributed by atoms with Crippen LogP contribution in [0.3, 0.4) is 0 Å². The number of rotatable bonds is 5. The molecular weight excluding hydrogens is 172 g/mol. The van der Waals surface area contributed by atoms with Crippen molar-refractivity contribution in [2.75, 3.05) is 13.2 Å². The van der Waals surface area contributed by atoms with Gasteiger partial charge in [0.2, 0.25) is 0 Å². The normalized spacial score (nSPS) is 17.2. The molecule has 0 atom stereocenters. The Balaban J connectivity index is 2.14. The third-order valence-corrected chi connectivity index (χ3v) is 2.39. The number of esters is 1. The fourth-order valence-electron chi connectivity index (χ4n) is 1.30. The van der Waals surface area contributed by atoms with Crippen molar-refractivity contribution in [1.82, 2.24) is 0 Å². The molecule has 0 spiro atoms. The molecule has 0 aromatic rings. The van der Waals surface area contributed by atoms with E-state index in [0.717, 1.165) is 12.8 Å². The van der Waals surface area contributed by atoms with Gasteiger partial charge in [0.25, 0.3) is 0 Å². The van der Waals surface area contributed by atoms with Crippen molar-refractivity contribution in [2.45, 2.75) is 31.8 Å². The van der Waals surface area contributed by atoms with Crippen LogP contribution < -0.4 is 0 Å². The molecule has 1 saturated carbocycles. The first-order valence-electron chi connectivity index (χ1n) is 4.67. The lowest BCUT2D eigenvalue weighted by molar-refractivity contribution is -0.155. The fraction of sp³-hybridized carbons (Fsp3) is 0.889. The first kappa shape index (κ1) is 10.5. The van der Waals surface area contributed by atoms with Crippen molar-refractivity contribution in [1.29, 1.82) is 0 Å². The van der Waals surface area contributed by atoms with Crippen LogP contribution >= 0.6 is 0 Å². The smallest absolute Gasteiger partial charge is 0.306 e. The molecule has 0 unspecified atom stereocenters. The van der Waals surface area contributed by atoms with E-state index in [2.05, 4.69) is 0 Å². The summed E-state index contributed by atoms with van der Waals surface area (Å²) in [5, 5.41) is 17.3. The summed E-state index contributed by atoms with van der Waals surface area (Å²) in [5.41, 5.74) is 0. The first-order valence-corrected chi connectivity index (χ1v) is 4.67. The number of carbonyl (C=O) groups is 1. The molecule has 0 saturated heterocycles. The highest BCUT2D eigenvalue weighted by molar-refractivity contribution is 5.70. The number of carbonyl (C=O) groups excluding carboxylic acids is 1. The van der Waals surface area contributed by atoms with E-state index in [-0.39, 0.29) is 19.2 Å². The molecule has 4 heteroatoms. The Kier molecular flexibility index (Phi) is 4.18. The maximum Gasteiger partial charge on any atom is 0.306 e. The molecule has 13 heavy (non-hydrogen) atoms. The molecule has 0 bridgehead atoms. The van der Waals surface area contributed by atoms with Crippen LogP contribution in [0.5, 0.6) is 0 Å². The molecule has 0 amide bonds. The fourth-order valence-corrected chi connectivity index (χ4v) is 1.30. The summed E-state index contributed by atoms with van der Waals surface area (Å²) in [4.78, 5) is 11.1. The maximum atomic E-state index is 11.1. The Morgan fingerprint density at radius 2 is 2.00 bits per heavy atom. The van der Waals surface area contributed by atoms with Gasteiger partial charge in [-0.1, -0.05) is 6.42 Å². The molecule has 1 aliphatic carbocycles.